The predicted octanol–water partition coefficient (Wildman–Crippen LogP) is 4.54. The van der Waals surface area contributed by atoms with Crippen LogP contribution in [0, 0.1) is 12.3 Å². The number of hydrogen-bond donors (Lipinski definition) is 1. The van der Waals surface area contributed by atoms with E-state index in [2.05, 4.69) is 19.8 Å². The van der Waals surface area contributed by atoms with Gasteiger partial charge in [-0.05, 0) is 50.5 Å². The molecule has 10 heteroatoms. The molecule has 2 aliphatic heterocycles. The van der Waals surface area contributed by atoms with Crippen molar-refractivity contribution in [2.45, 2.75) is 55.4 Å². The molecule has 0 aromatic carbocycles. The summed E-state index contributed by atoms with van der Waals surface area (Å²) >= 11 is 8.19. The summed E-state index contributed by atoms with van der Waals surface area (Å²) < 4.78 is 5.57. The number of fused-ring (bicyclic) bond motifs is 1. The molecule has 178 valence electrons. The molecule has 1 spiro atoms. The standard InChI is InChI=1S/C24H28ClN7OS/c1-15-21(32-10-5-24(6-11-32)12-16-17(13-24)33-14-28-16)30-20(26)23(29-15)34-18-4-7-27-22(19(18)25)31-8-2-3-9-31/h4,7,14H,2-3,5-6,8-13H2,1H3,(H2,26,30). The number of pyridine rings is 1. The van der Waals surface area contributed by atoms with E-state index in [1.807, 2.05) is 13.0 Å². The maximum atomic E-state index is 6.74. The van der Waals surface area contributed by atoms with Crippen molar-refractivity contribution in [2.24, 2.45) is 5.41 Å². The minimum Gasteiger partial charge on any atom is -0.448 e. The molecule has 3 aromatic heterocycles. The van der Waals surface area contributed by atoms with Crippen LogP contribution in [0.4, 0.5) is 17.5 Å². The number of hydrogen-bond acceptors (Lipinski definition) is 9. The van der Waals surface area contributed by atoms with E-state index in [1.165, 1.54) is 24.6 Å². The molecule has 0 radical (unpaired) electrons. The summed E-state index contributed by atoms with van der Waals surface area (Å²) in [6.07, 6.45) is 9.90. The Morgan fingerprint density at radius 2 is 1.79 bits per heavy atom. The third-order valence-electron chi connectivity index (χ3n) is 7.41. The smallest absolute Gasteiger partial charge is 0.181 e. The Hall–Kier alpha value is -2.52. The van der Waals surface area contributed by atoms with Crippen molar-refractivity contribution in [2.75, 3.05) is 41.7 Å². The fourth-order valence-electron chi connectivity index (χ4n) is 5.51. The van der Waals surface area contributed by atoms with Crippen LogP contribution in [-0.2, 0) is 12.8 Å². The van der Waals surface area contributed by atoms with Gasteiger partial charge in [0.15, 0.2) is 18.0 Å². The lowest BCUT2D eigenvalue weighted by atomic mass is 9.76. The summed E-state index contributed by atoms with van der Waals surface area (Å²) in [6.45, 7) is 5.86. The Bertz CT molecular complexity index is 1200. The van der Waals surface area contributed by atoms with Crippen LogP contribution in [0.25, 0.3) is 0 Å². The van der Waals surface area contributed by atoms with Crippen LogP contribution in [0.5, 0.6) is 0 Å². The highest BCUT2D eigenvalue weighted by atomic mass is 35.5. The van der Waals surface area contributed by atoms with Gasteiger partial charge >= 0.3 is 0 Å². The van der Waals surface area contributed by atoms with Crippen molar-refractivity contribution in [3.8, 4) is 0 Å². The molecule has 2 saturated heterocycles. The molecular formula is C24H28ClN7OS. The summed E-state index contributed by atoms with van der Waals surface area (Å²) in [5.74, 6) is 3.22. The van der Waals surface area contributed by atoms with Gasteiger partial charge in [-0.2, -0.15) is 0 Å². The van der Waals surface area contributed by atoms with Gasteiger partial charge in [0.2, 0.25) is 0 Å². The van der Waals surface area contributed by atoms with Gasteiger partial charge in [-0.15, -0.1) is 0 Å². The van der Waals surface area contributed by atoms with Crippen LogP contribution >= 0.6 is 23.4 Å². The van der Waals surface area contributed by atoms with Crippen LogP contribution in [0.15, 0.2) is 33.0 Å². The summed E-state index contributed by atoms with van der Waals surface area (Å²) in [5.41, 5.74) is 8.70. The monoisotopic (exact) mass is 497 g/mol. The van der Waals surface area contributed by atoms with E-state index >= 15 is 0 Å². The van der Waals surface area contributed by atoms with Gasteiger partial charge < -0.3 is 20.0 Å². The molecule has 3 aromatic rings. The van der Waals surface area contributed by atoms with Crippen molar-refractivity contribution in [3.63, 3.8) is 0 Å². The third-order valence-corrected chi connectivity index (χ3v) is 8.95. The minimum absolute atomic E-state index is 0.271. The SMILES string of the molecule is Cc1nc(Sc2ccnc(N3CCCC3)c2Cl)c(N)nc1N1CCC2(CC1)Cc1ncoc1C2. The van der Waals surface area contributed by atoms with Gasteiger partial charge in [0, 0.05) is 43.7 Å². The first kappa shape index (κ1) is 22.0. The molecule has 0 bridgehead atoms. The van der Waals surface area contributed by atoms with E-state index in [0.717, 1.165) is 85.5 Å². The third kappa shape index (κ3) is 3.88. The second-order valence-electron chi connectivity index (χ2n) is 9.63. The zero-order valence-corrected chi connectivity index (χ0v) is 20.8. The number of aromatic nitrogens is 4. The van der Waals surface area contributed by atoms with Crippen molar-refractivity contribution in [1.82, 2.24) is 19.9 Å². The van der Waals surface area contributed by atoms with Crippen molar-refractivity contribution >= 4 is 40.8 Å². The van der Waals surface area contributed by atoms with Gasteiger partial charge in [-0.3, -0.25) is 0 Å². The van der Waals surface area contributed by atoms with Crippen LogP contribution in [-0.4, -0.2) is 46.1 Å². The second kappa shape index (κ2) is 8.61. The van der Waals surface area contributed by atoms with E-state index in [-0.39, 0.29) is 5.41 Å². The Kier molecular flexibility index (Phi) is 5.56. The Labute approximate surface area is 208 Å². The topological polar surface area (TPSA) is 97.2 Å². The summed E-state index contributed by atoms with van der Waals surface area (Å²) in [4.78, 5) is 24.0. The zero-order valence-electron chi connectivity index (χ0n) is 19.3. The highest BCUT2D eigenvalue weighted by Gasteiger charge is 2.42. The first-order chi connectivity index (χ1) is 16.5. The number of oxazole rings is 1. The maximum Gasteiger partial charge on any atom is 0.181 e. The fraction of sp³-hybridized carbons (Fsp3) is 0.500. The number of nitrogen functional groups attached to an aromatic ring is 1. The summed E-state index contributed by atoms with van der Waals surface area (Å²) in [7, 11) is 0. The Balaban J connectivity index is 1.18. The molecule has 6 rings (SSSR count). The van der Waals surface area contributed by atoms with E-state index in [9.17, 15) is 0 Å². The van der Waals surface area contributed by atoms with Crippen LogP contribution in [0.2, 0.25) is 5.02 Å². The normalized spacial score (nSPS) is 19.2. The molecule has 8 nitrogen and oxygen atoms in total. The number of nitrogens with two attached hydrogens (primary N) is 1. The lowest BCUT2D eigenvalue weighted by molar-refractivity contribution is 0.221. The first-order valence-corrected chi connectivity index (χ1v) is 13.1. The number of halogens is 1. The number of piperidine rings is 1. The van der Waals surface area contributed by atoms with Gasteiger partial charge in [0.05, 0.1) is 16.4 Å². The van der Waals surface area contributed by atoms with Crippen LogP contribution in [0.1, 0.15) is 42.8 Å². The molecular weight excluding hydrogens is 470 g/mol. The lowest BCUT2D eigenvalue weighted by Gasteiger charge is -2.40. The largest absolute Gasteiger partial charge is 0.448 e. The van der Waals surface area contributed by atoms with Gasteiger partial charge in [-0.1, -0.05) is 23.4 Å². The zero-order chi connectivity index (χ0) is 23.3. The number of anilines is 3. The predicted molar refractivity (Wildman–Crippen MR) is 134 cm³/mol. The average Bonchev–Trinajstić information content (AvgIpc) is 3.56. The number of aryl methyl sites for hydroxylation is 1. The maximum absolute atomic E-state index is 6.74. The molecule has 2 N–H and O–H groups in total. The highest BCUT2D eigenvalue weighted by Crippen LogP contribution is 2.45. The Morgan fingerprint density at radius 3 is 2.56 bits per heavy atom. The van der Waals surface area contributed by atoms with Crippen molar-refractivity contribution < 1.29 is 4.42 Å². The first-order valence-electron chi connectivity index (χ1n) is 11.9. The molecule has 0 amide bonds. The summed E-state index contributed by atoms with van der Waals surface area (Å²) in [6, 6.07) is 1.92. The van der Waals surface area contributed by atoms with E-state index in [4.69, 9.17) is 31.7 Å². The molecule has 5 heterocycles. The number of rotatable bonds is 4. The van der Waals surface area contributed by atoms with Crippen molar-refractivity contribution in [1.29, 1.82) is 0 Å². The number of nitrogens with zero attached hydrogens (tertiary/aromatic N) is 6. The van der Waals surface area contributed by atoms with E-state index in [0.29, 0.717) is 15.9 Å². The summed E-state index contributed by atoms with van der Waals surface area (Å²) in [5, 5.41) is 1.34. The minimum atomic E-state index is 0.271. The molecule has 3 aliphatic rings. The van der Waals surface area contributed by atoms with Crippen LogP contribution < -0.4 is 15.5 Å². The quantitative estimate of drug-likeness (QED) is 0.557. The van der Waals surface area contributed by atoms with Gasteiger partial charge in [0.1, 0.15) is 16.6 Å². The van der Waals surface area contributed by atoms with E-state index in [1.54, 1.807) is 12.6 Å². The molecule has 0 atom stereocenters. The van der Waals surface area contributed by atoms with Gasteiger partial charge in [0.25, 0.3) is 0 Å². The molecule has 0 unspecified atom stereocenters. The molecule has 2 fully saturated rings. The molecule has 1 aliphatic carbocycles. The molecule has 0 saturated carbocycles. The highest BCUT2D eigenvalue weighted by molar-refractivity contribution is 7.99. The average molecular weight is 498 g/mol. The fourth-order valence-corrected chi connectivity index (χ4v) is 6.71. The lowest BCUT2D eigenvalue weighted by Crippen LogP contribution is -2.41. The van der Waals surface area contributed by atoms with Crippen LogP contribution in [0.3, 0.4) is 0 Å². The van der Waals surface area contributed by atoms with Crippen molar-refractivity contribution in [3.05, 3.63) is 40.8 Å². The van der Waals surface area contributed by atoms with E-state index < -0.39 is 0 Å². The second-order valence-corrected chi connectivity index (χ2v) is 11.0. The van der Waals surface area contributed by atoms with Gasteiger partial charge in [-0.25, -0.2) is 19.9 Å². The Morgan fingerprint density at radius 1 is 1.03 bits per heavy atom. The molecule has 34 heavy (non-hydrogen) atoms.